The van der Waals surface area contributed by atoms with Crippen LogP contribution in [0.4, 0.5) is 16.2 Å². The van der Waals surface area contributed by atoms with Crippen molar-refractivity contribution in [2.24, 2.45) is 0 Å². The highest BCUT2D eigenvalue weighted by molar-refractivity contribution is 5.92. The van der Waals surface area contributed by atoms with E-state index in [0.717, 1.165) is 11.1 Å². The first kappa shape index (κ1) is 25.0. The highest BCUT2D eigenvalue weighted by atomic mass is 19.1. The van der Waals surface area contributed by atoms with E-state index in [0.29, 0.717) is 34.3 Å². The Morgan fingerprint density at radius 2 is 1.90 bits per heavy atom. The second-order valence-electron chi connectivity index (χ2n) is 8.31. The van der Waals surface area contributed by atoms with Crippen molar-refractivity contribution in [3.8, 4) is 28.7 Å². The fraction of sp³-hybridized carbons (Fsp3) is 0.115. The molecule has 2 N–H and O–H groups in total. The molecule has 0 bridgehead atoms. The van der Waals surface area contributed by atoms with Crippen LogP contribution in [0.1, 0.15) is 33.3 Å². The van der Waals surface area contributed by atoms with Gasteiger partial charge in [-0.2, -0.15) is 14.6 Å². The number of carbonyl (C=O) groups excluding carboxylic acids is 1. The van der Waals surface area contributed by atoms with Crippen molar-refractivity contribution in [3.63, 3.8) is 0 Å². The van der Waals surface area contributed by atoms with Crippen LogP contribution in [0.25, 0.3) is 22.6 Å². The van der Waals surface area contributed by atoms with E-state index in [4.69, 9.17) is 9.78 Å². The van der Waals surface area contributed by atoms with Gasteiger partial charge in [0.05, 0.1) is 5.69 Å². The van der Waals surface area contributed by atoms with Crippen molar-refractivity contribution in [2.45, 2.75) is 20.4 Å². The first-order chi connectivity index (χ1) is 18.9. The highest BCUT2D eigenvalue weighted by Crippen LogP contribution is 2.21. The SMILES string of the molecule is Cc1cc(Nc2noc(C#N)n2)nc(-c2ccc(C(=O)NCc3ccc(-c4ccc(F)nc4C)nc3)nc2)n1. The van der Waals surface area contributed by atoms with E-state index in [1.807, 2.05) is 6.07 Å². The molecule has 1 amide bonds. The largest absolute Gasteiger partial charge is 0.347 e. The summed E-state index contributed by atoms with van der Waals surface area (Å²) in [5.41, 5.74) is 4.20. The Balaban J connectivity index is 1.22. The van der Waals surface area contributed by atoms with Crippen molar-refractivity contribution in [1.29, 1.82) is 5.26 Å². The molecule has 12 nitrogen and oxygen atoms in total. The molecule has 5 rings (SSSR count). The van der Waals surface area contributed by atoms with Crippen LogP contribution in [0.15, 0.2) is 59.4 Å². The zero-order chi connectivity index (χ0) is 27.4. The third-order valence-corrected chi connectivity index (χ3v) is 5.48. The molecule has 0 unspecified atom stereocenters. The van der Waals surface area contributed by atoms with E-state index in [9.17, 15) is 9.18 Å². The van der Waals surface area contributed by atoms with Gasteiger partial charge in [-0.3, -0.25) is 14.8 Å². The number of aromatic nitrogens is 7. The van der Waals surface area contributed by atoms with Crippen LogP contribution in [0.3, 0.4) is 0 Å². The molecule has 0 atom stereocenters. The van der Waals surface area contributed by atoms with Gasteiger partial charge in [0.15, 0.2) is 11.9 Å². The maximum atomic E-state index is 13.3. The highest BCUT2D eigenvalue weighted by Gasteiger charge is 2.12. The summed E-state index contributed by atoms with van der Waals surface area (Å²) in [6.45, 7) is 3.76. The monoisotopic (exact) mass is 522 g/mol. The zero-order valence-corrected chi connectivity index (χ0v) is 20.7. The van der Waals surface area contributed by atoms with Gasteiger partial charge >= 0.3 is 5.89 Å². The van der Waals surface area contributed by atoms with Gasteiger partial charge < -0.3 is 15.2 Å². The van der Waals surface area contributed by atoms with Gasteiger partial charge in [0, 0.05) is 47.5 Å². The van der Waals surface area contributed by atoms with Crippen LogP contribution in [0.2, 0.25) is 0 Å². The van der Waals surface area contributed by atoms with Crippen molar-refractivity contribution < 1.29 is 13.7 Å². The number of aryl methyl sites for hydroxylation is 2. The van der Waals surface area contributed by atoms with Crippen LogP contribution in [-0.4, -0.2) is 41.0 Å². The van der Waals surface area contributed by atoms with Crippen molar-refractivity contribution in [3.05, 3.63) is 89.3 Å². The average Bonchev–Trinajstić information content (AvgIpc) is 3.39. The van der Waals surface area contributed by atoms with Gasteiger partial charge in [0.2, 0.25) is 5.95 Å². The Morgan fingerprint density at radius 1 is 1.03 bits per heavy atom. The lowest BCUT2D eigenvalue weighted by atomic mass is 10.1. The fourth-order valence-corrected chi connectivity index (χ4v) is 3.62. The lowest BCUT2D eigenvalue weighted by Gasteiger charge is -2.08. The maximum Gasteiger partial charge on any atom is 0.330 e. The number of nitriles is 1. The van der Waals surface area contributed by atoms with Crippen molar-refractivity contribution in [1.82, 2.24) is 40.4 Å². The minimum absolute atomic E-state index is 0.0909. The Hall–Kier alpha value is -5.64. The summed E-state index contributed by atoms with van der Waals surface area (Å²) >= 11 is 0. The summed E-state index contributed by atoms with van der Waals surface area (Å²) in [6.07, 6.45) is 3.15. The van der Waals surface area contributed by atoms with E-state index in [1.54, 1.807) is 56.4 Å². The molecule has 5 aromatic heterocycles. The lowest BCUT2D eigenvalue weighted by Crippen LogP contribution is -2.23. The van der Waals surface area contributed by atoms with Gasteiger partial charge in [-0.05, 0) is 54.9 Å². The van der Waals surface area contributed by atoms with E-state index in [-0.39, 0.29) is 30.0 Å². The summed E-state index contributed by atoms with van der Waals surface area (Å²) in [5.74, 6) is -0.210. The molecule has 0 radical (unpaired) electrons. The summed E-state index contributed by atoms with van der Waals surface area (Å²) in [4.78, 5) is 37.8. The number of rotatable bonds is 7. The van der Waals surface area contributed by atoms with Gasteiger partial charge in [-0.1, -0.05) is 6.07 Å². The van der Waals surface area contributed by atoms with Crippen molar-refractivity contribution in [2.75, 3.05) is 5.32 Å². The Bertz CT molecular complexity index is 1700. The average molecular weight is 523 g/mol. The number of nitrogens with zero attached hydrogens (tertiary/aromatic N) is 8. The number of halogens is 1. The van der Waals surface area contributed by atoms with E-state index >= 15 is 0 Å². The first-order valence-corrected chi connectivity index (χ1v) is 11.6. The second-order valence-corrected chi connectivity index (χ2v) is 8.31. The molecule has 0 aliphatic heterocycles. The number of anilines is 2. The summed E-state index contributed by atoms with van der Waals surface area (Å²) in [7, 11) is 0. The number of hydrogen-bond acceptors (Lipinski definition) is 11. The molecule has 0 spiro atoms. The molecule has 0 saturated heterocycles. The topological polar surface area (TPSA) is 168 Å². The Morgan fingerprint density at radius 3 is 2.59 bits per heavy atom. The molecular formula is C26H19FN10O2. The fourth-order valence-electron chi connectivity index (χ4n) is 3.62. The van der Waals surface area contributed by atoms with Crippen LogP contribution in [0.5, 0.6) is 0 Å². The van der Waals surface area contributed by atoms with E-state index < -0.39 is 5.95 Å². The smallest absolute Gasteiger partial charge is 0.330 e. The van der Waals surface area contributed by atoms with Crippen LogP contribution in [-0.2, 0) is 6.54 Å². The molecule has 13 heteroatoms. The molecule has 192 valence electrons. The Kier molecular flexibility index (Phi) is 6.91. The van der Waals surface area contributed by atoms with Gasteiger partial charge in [0.25, 0.3) is 11.9 Å². The van der Waals surface area contributed by atoms with Crippen LogP contribution in [0, 0.1) is 31.1 Å². The quantitative estimate of drug-likeness (QED) is 0.299. The molecule has 0 aliphatic carbocycles. The molecule has 0 aliphatic rings. The Labute approximate surface area is 221 Å². The van der Waals surface area contributed by atoms with Gasteiger partial charge in [0.1, 0.15) is 11.5 Å². The third kappa shape index (κ3) is 5.86. The number of pyridine rings is 3. The number of hydrogen-bond donors (Lipinski definition) is 2. The zero-order valence-electron chi connectivity index (χ0n) is 20.7. The summed E-state index contributed by atoms with van der Waals surface area (Å²) < 4.78 is 18.0. The van der Waals surface area contributed by atoms with E-state index in [2.05, 4.69) is 45.7 Å². The number of amides is 1. The summed E-state index contributed by atoms with van der Waals surface area (Å²) in [5, 5.41) is 18.2. The molecule has 0 fully saturated rings. The van der Waals surface area contributed by atoms with Crippen LogP contribution >= 0.6 is 0 Å². The molecule has 5 heterocycles. The predicted molar refractivity (Wildman–Crippen MR) is 136 cm³/mol. The standard InChI is InChI=1S/C26H19FN10O2/c1-14-9-22(35-26-36-23(10-28)39-37-26)34-24(32-14)17-4-7-20(30-13-17)25(38)31-12-16-3-6-19(29-11-16)18-5-8-21(27)33-15(18)2/h3-9,11,13H,12H2,1-2H3,(H,31,38)(H,32,34,35,37). The summed E-state index contributed by atoms with van der Waals surface area (Å²) in [6, 6.07) is 13.3. The molecule has 0 saturated carbocycles. The van der Waals surface area contributed by atoms with Crippen molar-refractivity contribution >= 4 is 17.7 Å². The molecule has 5 aromatic rings. The van der Waals surface area contributed by atoms with Gasteiger partial charge in [-0.15, -0.1) is 0 Å². The van der Waals surface area contributed by atoms with Gasteiger partial charge in [-0.25, -0.2) is 15.0 Å². The number of nitrogens with one attached hydrogen (secondary N) is 2. The van der Waals surface area contributed by atoms with Crippen LogP contribution < -0.4 is 10.6 Å². The lowest BCUT2D eigenvalue weighted by molar-refractivity contribution is 0.0946. The van der Waals surface area contributed by atoms with E-state index in [1.165, 1.54) is 12.3 Å². The number of carbonyl (C=O) groups is 1. The molecular weight excluding hydrogens is 503 g/mol. The molecule has 0 aromatic carbocycles. The minimum Gasteiger partial charge on any atom is -0.347 e. The predicted octanol–water partition coefficient (Wildman–Crippen LogP) is 3.68. The maximum absolute atomic E-state index is 13.3. The minimum atomic E-state index is -0.540. The first-order valence-electron chi connectivity index (χ1n) is 11.6. The normalized spacial score (nSPS) is 10.6. The molecule has 39 heavy (non-hydrogen) atoms. The second kappa shape index (κ2) is 10.8. The third-order valence-electron chi connectivity index (χ3n) is 5.48.